The van der Waals surface area contributed by atoms with Crippen LogP contribution in [0.25, 0.3) is 109 Å². The van der Waals surface area contributed by atoms with Crippen molar-refractivity contribution in [2.75, 3.05) is 0 Å². The number of hydrogen-bond acceptors (Lipinski definition) is 0. The molecule has 0 bridgehead atoms. The normalized spacial score (nSPS) is 12.0. The van der Waals surface area contributed by atoms with Crippen molar-refractivity contribution in [1.29, 1.82) is 0 Å². The predicted molar refractivity (Wildman–Crippen MR) is 269 cm³/mol. The summed E-state index contributed by atoms with van der Waals surface area (Å²) in [5, 5.41) is 12.7. The van der Waals surface area contributed by atoms with Crippen LogP contribution in [-0.2, 0) is 5.41 Å². The quantitative estimate of drug-likeness (QED) is 0.120. The smallest absolute Gasteiger partial charge is 0.00201 e. The molecule has 0 fully saturated rings. The van der Waals surface area contributed by atoms with E-state index in [1.165, 1.54) is 126 Å². The molecular weight excluding hydrogens is 745 g/mol. The van der Waals surface area contributed by atoms with E-state index in [1.807, 2.05) is 0 Å². The van der Waals surface area contributed by atoms with Crippen LogP contribution in [0.15, 0.2) is 200 Å². The number of rotatable bonds is 5. The summed E-state index contributed by atoms with van der Waals surface area (Å²) in [5.41, 5.74) is 16.7. The van der Waals surface area contributed by atoms with E-state index in [9.17, 15) is 0 Å². The fraction of sp³-hybridized carbons (Fsp3) is 0.0968. The minimum absolute atomic E-state index is 0.0998. The van der Waals surface area contributed by atoms with Crippen molar-refractivity contribution in [3.63, 3.8) is 0 Å². The molecular formula is C62H48. The van der Waals surface area contributed by atoms with Crippen molar-refractivity contribution in [3.8, 4) is 55.6 Å². The number of hydrogen-bond donors (Lipinski definition) is 0. The summed E-state index contributed by atoms with van der Waals surface area (Å²) in [6.07, 6.45) is 0. The Kier molecular flexibility index (Phi) is 8.95. The molecule has 0 unspecified atom stereocenters. The third-order valence-corrected chi connectivity index (χ3v) is 13.3. The Hall–Kier alpha value is -7.28. The highest BCUT2D eigenvalue weighted by molar-refractivity contribution is 6.24. The van der Waals surface area contributed by atoms with Crippen molar-refractivity contribution in [2.45, 2.75) is 40.0 Å². The van der Waals surface area contributed by atoms with Crippen LogP contribution in [0, 0.1) is 13.8 Å². The second-order valence-electron chi connectivity index (χ2n) is 18.0. The zero-order chi connectivity index (χ0) is 42.1. The first-order chi connectivity index (χ1) is 30.3. The van der Waals surface area contributed by atoms with Gasteiger partial charge in [-0.3, -0.25) is 0 Å². The zero-order valence-corrected chi connectivity index (χ0v) is 36.1. The summed E-state index contributed by atoms with van der Waals surface area (Å²) in [5.74, 6) is 0. The maximum atomic E-state index is 2.46. The summed E-state index contributed by atoms with van der Waals surface area (Å²) in [6.45, 7) is 11.8. The lowest BCUT2D eigenvalue weighted by Crippen LogP contribution is -2.17. The molecule has 0 aliphatic heterocycles. The Morgan fingerprint density at radius 3 is 1.27 bits per heavy atom. The van der Waals surface area contributed by atoms with Crippen LogP contribution in [-0.4, -0.2) is 0 Å². The Morgan fingerprint density at radius 2 is 0.694 bits per heavy atom. The lowest BCUT2D eigenvalue weighted by atomic mass is 9.72. The van der Waals surface area contributed by atoms with E-state index in [-0.39, 0.29) is 5.41 Å². The monoisotopic (exact) mass is 792 g/mol. The summed E-state index contributed by atoms with van der Waals surface area (Å²) >= 11 is 0. The molecule has 0 spiro atoms. The molecule has 62 heavy (non-hydrogen) atoms. The maximum absolute atomic E-state index is 2.46. The Bertz CT molecular complexity index is 3420. The molecule has 0 aliphatic carbocycles. The molecule has 0 heterocycles. The molecule has 0 aromatic heterocycles. The fourth-order valence-electron chi connectivity index (χ4n) is 10.7. The van der Waals surface area contributed by atoms with Crippen LogP contribution in [0.4, 0.5) is 0 Å². The standard InChI is InChI=1S/C62H48/c1-39-56(40(2)58(43-23-10-7-11-24-43)61(62(3,4)5)57(39)42-21-8-6-9-22-42)46-26-18-27-47(36-46)59-49-29-14-16-31-51(49)60(52-32-17-15-30-50(52)59)53-33-19-25-44-37-54-45(38-55(44)53)35-34-41-20-12-13-28-48(41)54/h6-38H,1-5H3. The number of benzene rings is 11. The van der Waals surface area contributed by atoms with Gasteiger partial charge in [0, 0.05) is 0 Å². The van der Waals surface area contributed by atoms with Crippen LogP contribution >= 0.6 is 0 Å². The maximum Gasteiger partial charge on any atom is -0.00201 e. The molecule has 0 heteroatoms. The van der Waals surface area contributed by atoms with Crippen LogP contribution in [0.1, 0.15) is 37.5 Å². The molecule has 0 aliphatic rings. The third-order valence-electron chi connectivity index (χ3n) is 13.3. The molecule has 296 valence electrons. The minimum Gasteiger partial charge on any atom is -0.0622 e. The van der Waals surface area contributed by atoms with Crippen LogP contribution in [0.5, 0.6) is 0 Å². The van der Waals surface area contributed by atoms with Gasteiger partial charge in [-0.2, -0.15) is 0 Å². The molecule has 0 nitrogen and oxygen atoms in total. The molecule has 11 rings (SSSR count). The van der Waals surface area contributed by atoms with Gasteiger partial charge in [-0.1, -0.05) is 203 Å². The van der Waals surface area contributed by atoms with E-state index in [0.29, 0.717) is 0 Å². The van der Waals surface area contributed by atoms with Crippen molar-refractivity contribution >= 4 is 53.9 Å². The van der Waals surface area contributed by atoms with Crippen LogP contribution < -0.4 is 0 Å². The zero-order valence-electron chi connectivity index (χ0n) is 36.1. The molecule has 0 atom stereocenters. The molecule has 0 N–H and O–H groups in total. The summed E-state index contributed by atoms with van der Waals surface area (Å²) in [4.78, 5) is 0. The van der Waals surface area contributed by atoms with E-state index >= 15 is 0 Å². The lowest BCUT2D eigenvalue weighted by Gasteiger charge is -2.32. The number of fused-ring (bicyclic) bond motifs is 6. The molecule has 0 radical (unpaired) electrons. The molecule has 0 saturated heterocycles. The highest BCUT2D eigenvalue weighted by Crippen LogP contribution is 2.50. The average Bonchev–Trinajstić information content (AvgIpc) is 3.30. The average molecular weight is 793 g/mol. The molecule has 11 aromatic rings. The van der Waals surface area contributed by atoms with Crippen molar-refractivity contribution in [1.82, 2.24) is 0 Å². The minimum atomic E-state index is -0.0998. The lowest BCUT2D eigenvalue weighted by molar-refractivity contribution is 0.593. The Labute approximate surface area is 364 Å². The molecule has 0 amide bonds. The van der Waals surface area contributed by atoms with Gasteiger partial charge in [0.05, 0.1) is 0 Å². The summed E-state index contributed by atoms with van der Waals surface area (Å²) in [6, 6.07) is 74.4. The first kappa shape index (κ1) is 37.7. The van der Waals surface area contributed by atoms with Crippen molar-refractivity contribution < 1.29 is 0 Å². The van der Waals surface area contributed by atoms with E-state index in [1.54, 1.807) is 0 Å². The third kappa shape index (κ3) is 6.05. The molecule has 0 saturated carbocycles. The van der Waals surface area contributed by atoms with E-state index in [4.69, 9.17) is 0 Å². The van der Waals surface area contributed by atoms with Gasteiger partial charge in [-0.25, -0.2) is 0 Å². The Morgan fingerprint density at radius 1 is 0.274 bits per heavy atom. The van der Waals surface area contributed by atoms with Gasteiger partial charge >= 0.3 is 0 Å². The van der Waals surface area contributed by atoms with Gasteiger partial charge < -0.3 is 0 Å². The SMILES string of the molecule is Cc1c(-c2cccc(-c3c4ccccc4c(-c4cccc5cc6c(ccc7ccccc76)cc45)c4ccccc34)c2)c(C)c(-c2ccccc2)c(C(C)(C)C)c1-c1ccccc1. The summed E-state index contributed by atoms with van der Waals surface area (Å²) < 4.78 is 0. The summed E-state index contributed by atoms with van der Waals surface area (Å²) in [7, 11) is 0. The fourth-order valence-corrected chi connectivity index (χ4v) is 10.7. The topological polar surface area (TPSA) is 0 Å². The second-order valence-corrected chi connectivity index (χ2v) is 18.0. The first-order valence-corrected chi connectivity index (χ1v) is 21.9. The van der Waals surface area contributed by atoms with Crippen LogP contribution in [0.3, 0.4) is 0 Å². The van der Waals surface area contributed by atoms with Crippen molar-refractivity contribution in [2.24, 2.45) is 0 Å². The predicted octanol–water partition coefficient (Wildman–Crippen LogP) is 17.7. The highest BCUT2D eigenvalue weighted by Gasteiger charge is 2.29. The Balaban J connectivity index is 1.17. The van der Waals surface area contributed by atoms with Gasteiger partial charge in [0.2, 0.25) is 0 Å². The first-order valence-electron chi connectivity index (χ1n) is 21.9. The van der Waals surface area contributed by atoms with E-state index in [0.717, 1.165) is 0 Å². The van der Waals surface area contributed by atoms with E-state index in [2.05, 4.69) is 235 Å². The van der Waals surface area contributed by atoms with E-state index < -0.39 is 0 Å². The van der Waals surface area contributed by atoms with Gasteiger partial charge in [-0.15, -0.1) is 0 Å². The molecule has 11 aromatic carbocycles. The van der Waals surface area contributed by atoms with Gasteiger partial charge in [0.25, 0.3) is 0 Å². The van der Waals surface area contributed by atoms with Gasteiger partial charge in [0.15, 0.2) is 0 Å². The van der Waals surface area contributed by atoms with Gasteiger partial charge in [-0.05, 0) is 164 Å². The largest absolute Gasteiger partial charge is 0.0622 e. The highest BCUT2D eigenvalue weighted by atomic mass is 14.3. The van der Waals surface area contributed by atoms with Crippen molar-refractivity contribution in [3.05, 3.63) is 217 Å². The van der Waals surface area contributed by atoms with Gasteiger partial charge in [0.1, 0.15) is 0 Å². The van der Waals surface area contributed by atoms with Crippen LogP contribution in [0.2, 0.25) is 0 Å². The second kappa shape index (κ2) is 14.7.